The van der Waals surface area contributed by atoms with Gasteiger partial charge in [0, 0.05) is 12.6 Å². The minimum Gasteiger partial charge on any atom is -0.376 e. The lowest BCUT2D eigenvalue weighted by atomic mass is 9.98. The standard InChI is InChI=1S/C13H18BrN3O3/c14-12-8-10(17(18)19)9-16-13(12)15-6-7-20-11-4-2-1-3-5-11/h8-9,11H,1-7H2,(H,15,16). The number of rotatable bonds is 6. The molecule has 2 rings (SSSR count). The van der Waals surface area contributed by atoms with Crippen LogP contribution >= 0.6 is 15.9 Å². The third kappa shape index (κ3) is 4.42. The summed E-state index contributed by atoms with van der Waals surface area (Å²) in [5.74, 6) is 0.600. The van der Waals surface area contributed by atoms with Crippen molar-refractivity contribution in [2.45, 2.75) is 38.2 Å². The molecule has 0 spiro atoms. The number of nitro groups is 1. The molecule has 1 fully saturated rings. The van der Waals surface area contributed by atoms with Crippen LogP contribution in [0, 0.1) is 10.1 Å². The van der Waals surface area contributed by atoms with Gasteiger partial charge in [0.25, 0.3) is 5.69 Å². The number of pyridine rings is 1. The lowest BCUT2D eigenvalue weighted by Gasteiger charge is -2.22. The molecule has 0 atom stereocenters. The zero-order chi connectivity index (χ0) is 14.4. The van der Waals surface area contributed by atoms with Crippen molar-refractivity contribution in [1.29, 1.82) is 0 Å². The van der Waals surface area contributed by atoms with E-state index in [1.165, 1.54) is 31.5 Å². The van der Waals surface area contributed by atoms with Gasteiger partial charge < -0.3 is 10.1 Å². The van der Waals surface area contributed by atoms with Crippen molar-refractivity contribution in [3.8, 4) is 0 Å². The number of halogens is 1. The largest absolute Gasteiger partial charge is 0.376 e. The molecule has 0 aromatic carbocycles. The summed E-state index contributed by atoms with van der Waals surface area (Å²) in [5.41, 5.74) is -0.0270. The fourth-order valence-electron chi connectivity index (χ4n) is 2.28. The highest BCUT2D eigenvalue weighted by Gasteiger charge is 2.13. The second kappa shape index (κ2) is 7.54. The molecule has 0 saturated heterocycles. The van der Waals surface area contributed by atoms with Crippen LogP contribution in [-0.2, 0) is 4.74 Å². The monoisotopic (exact) mass is 343 g/mol. The summed E-state index contributed by atoms with van der Waals surface area (Å²) in [7, 11) is 0. The number of nitrogens with zero attached hydrogens (tertiary/aromatic N) is 2. The first-order valence-electron chi connectivity index (χ1n) is 6.82. The van der Waals surface area contributed by atoms with Gasteiger partial charge in [-0.1, -0.05) is 19.3 Å². The van der Waals surface area contributed by atoms with E-state index >= 15 is 0 Å². The number of hydrogen-bond acceptors (Lipinski definition) is 5. The Balaban J connectivity index is 1.74. The highest BCUT2D eigenvalue weighted by Crippen LogP contribution is 2.24. The van der Waals surface area contributed by atoms with Crippen LogP contribution in [0.4, 0.5) is 11.5 Å². The van der Waals surface area contributed by atoms with Crippen LogP contribution in [0.3, 0.4) is 0 Å². The summed E-state index contributed by atoms with van der Waals surface area (Å²) in [4.78, 5) is 14.2. The van der Waals surface area contributed by atoms with Crippen molar-refractivity contribution in [2.75, 3.05) is 18.5 Å². The van der Waals surface area contributed by atoms with E-state index in [9.17, 15) is 10.1 Å². The van der Waals surface area contributed by atoms with Gasteiger partial charge >= 0.3 is 0 Å². The van der Waals surface area contributed by atoms with E-state index in [1.54, 1.807) is 0 Å². The van der Waals surface area contributed by atoms with Crippen molar-refractivity contribution in [1.82, 2.24) is 4.98 Å². The molecule has 7 heteroatoms. The second-order valence-electron chi connectivity index (χ2n) is 4.84. The molecular formula is C13H18BrN3O3. The summed E-state index contributed by atoms with van der Waals surface area (Å²) in [6.45, 7) is 1.26. The van der Waals surface area contributed by atoms with Gasteiger partial charge in [0.15, 0.2) is 0 Å². The molecule has 1 aromatic heterocycles. The van der Waals surface area contributed by atoms with Crippen molar-refractivity contribution >= 4 is 27.4 Å². The number of aromatic nitrogens is 1. The second-order valence-corrected chi connectivity index (χ2v) is 5.69. The van der Waals surface area contributed by atoms with Gasteiger partial charge in [-0.3, -0.25) is 10.1 Å². The van der Waals surface area contributed by atoms with E-state index in [4.69, 9.17) is 4.74 Å². The molecule has 0 aliphatic heterocycles. The molecule has 1 saturated carbocycles. The van der Waals surface area contributed by atoms with Gasteiger partial charge in [-0.05, 0) is 28.8 Å². The van der Waals surface area contributed by atoms with Crippen LogP contribution in [0.2, 0.25) is 0 Å². The van der Waals surface area contributed by atoms with E-state index in [-0.39, 0.29) is 5.69 Å². The van der Waals surface area contributed by atoms with Crippen molar-refractivity contribution in [3.05, 3.63) is 26.9 Å². The van der Waals surface area contributed by atoms with Gasteiger partial charge in [-0.2, -0.15) is 0 Å². The summed E-state index contributed by atoms with van der Waals surface area (Å²) in [6.07, 6.45) is 7.77. The molecule has 0 unspecified atom stereocenters. The third-order valence-electron chi connectivity index (χ3n) is 3.34. The summed E-state index contributed by atoms with van der Waals surface area (Å²) >= 11 is 3.27. The summed E-state index contributed by atoms with van der Waals surface area (Å²) in [5, 5.41) is 13.7. The highest BCUT2D eigenvalue weighted by molar-refractivity contribution is 9.10. The molecule has 1 aliphatic carbocycles. The van der Waals surface area contributed by atoms with Crippen LogP contribution in [0.25, 0.3) is 0 Å². The van der Waals surface area contributed by atoms with Gasteiger partial charge in [-0.25, -0.2) is 4.98 Å². The maximum atomic E-state index is 10.6. The van der Waals surface area contributed by atoms with Crippen molar-refractivity contribution < 1.29 is 9.66 Å². The van der Waals surface area contributed by atoms with Crippen LogP contribution in [0.1, 0.15) is 32.1 Å². The van der Waals surface area contributed by atoms with Gasteiger partial charge in [-0.15, -0.1) is 0 Å². The first kappa shape index (κ1) is 15.2. The molecular weight excluding hydrogens is 326 g/mol. The predicted molar refractivity (Wildman–Crippen MR) is 79.9 cm³/mol. The first-order chi connectivity index (χ1) is 9.66. The molecule has 0 radical (unpaired) electrons. The van der Waals surface area contributed by atoms with Crippen LogP contribution < -0.4 is 5.32 Å². The van der Waals surface area contributed by atoms with Crippen molar-refractivity contribution in [3.63, 3.8) is 0 Å². The van der Waals surface area contributed by atoms with E-state index in [1.807, 2.05) is 0 Å². The zero-order valence-electron chi connectivity index (χ0n) is 11.2. The Bertz CT molecular complexity index is 464. The minimum atomic E-state index is -0.465. The molecule has 6 nitrogen and oxygen atoms in total. The Morgan fingerprint density at radius 2 is 2.20 bits per heavy atom. The minimum absolute atomic E-state index is 0.0270. The van der Waals surface area contributed by atoms with E-state index < -0.39 is 4.92 Å². The fraction of sp³-hybridized carbons (Fsp3) is 0.615. The predicted octanol–water partition coefficient (Wildman–Crippen LogP) is 3.51. The normalized spacial score (nSPS) is 16.1. The third-order valence-corrected chi connectivity index (χ3v) is 3.94. The number of anilines is 1. The smallest absolute Gasteiger partial charge is 0.288 e. The van der Waals surface area contributed by atoms with E-state index in [0.717, 1.165) is 12.8 Å². The van der Waals surface area contributed by atoms with Crippen LogP contribution in [-0.4, -0.2) is 29.2 Å². The molecule has 0 amide bonds. The maximum absolute atomic E-state index is 10.6. The average molecular weight is 344 g/mol. The van der Waals surface area contributed by atoms with Crippen LogP contribution in [0.5, 0.6) is 0 Å². The molecule has 0 bridgehead atoms. The molecule has 1 heterocycles. The summed E-state index contributed by atoms with van der Waals surface area (Å²) < 4.78 is 6.38. The number of hydrogen-bond donors (Lipinski definition) is 1. The average Bonchev–Trinajstić information content (AvgIpc) is 2.46. The molecule has 1 N–H and O–H groups in total. The quantitative estimate of drug-likeness (QED) is 0.485. The van der Waals surface area contributed by atoms with Crippen LogP contribution in [0.15, 0.2) is 16.7 Å². The van der Waals surface area contributed by atoms with Gasteiger partial charge in [0.05, 0.1) is 22.1 Å². The Labute approximate surface area is 126 Å². The molecule has 1 aromatic rings. The Kier molecular flexibility index (Phi) is 5.72. The fourth-order valence-corrected chi connectivity index (χ4v) is 2.76. The van der Waals surface area contributed by atoms with E-state index in [2.05, 4.69) is 26.2 Å². The lowest BCUT2D eigenvalue weighted by molar-refractivity contribution is -0.385. The lowest BCUT2D eigenvalue weighted by Crippen LogP contribution is -2.20. The maximum Gasteiger partial charge on any atom is 0.288 e. The van der Waals surface area contributed by atoms with E-state index in [0.29, 0.717) is 29.5 Å². The van der Waals surface area contributed by atoms with Gasteiger partial charge in [0.1, 0.15) is 12.0 Å². The highest BCUT2D eigenvalue weighted by atomic mass is 79.9. The number of ether oxygens (including phenoxy) is 1. The molecule has 110 valence electrons. The molecule has 20 heavy (non-hydrogen) atoms. The SMILES string of the molecule is O=[N+]([O-])c1cnc(NCCOC2CCCCC2)c(Br)c1. The van der Waals surface area contributed by atoms with Crippen molar-refractivity contribution in [2.24, 2.45) is 0 Å². The molecule has 1 aliphatic rings. The summed E-state index contributed by atoms with van der Waals surface area (Å²) in [6, 6.07) is 1.44. The van der Waals surface area contributed by atoms with Gasteiger partial charge in [0.2, 0.25) is 0 Å². The first-order valence-corrected chi connectivity index (χ1v) is 7.61. The Morgan fingerprint density at radius 1 is 1.45 bits per heavy atom. The Hall–Kier alpha value is -1.21. The zero-order valence-corrected chi connectivity index (χ0v) is 12.8. The topological polar surface area (TPSA) is 77.3 Å². The Morgan fingerprint density at radius 3 is 2.85 bits per heavy atom. The number of nitrogens with one attached hydrogen (secondary N) is 1.